The zero-order valence-corrected chi connectivity index (χ0v) is 10.7. The first-order chi connectivity index (χ1) is 8.74. The maximum absolute atomic E-state index is 5.64. The Morgan fingerprint density at radius 2 is 2.00 bits per heavy atom. The predicted molar refractivity (Wildman–Crippen MR) is 70.7 cm³/mol. The van der Waals surface area contributed by atoms with Gasteiger partial charge in [-0.05, 0) is 36.4 Å². The first-order valence-electron chi connectivity index (χ1n) is 6.04. The van der Waals surface area contributed by atoms with Crippen molar-refractivity contribution in [3.8, 4) is 5.69 Å². The Labute approximate surface area is 106 Å². The summed E-state index contributed by atoms with van der Waals surface area (Å²) in [4.78, 5) is 2.09. The van der Waals surface area contributed by atoms with Crippen molar-refractivity contribution in [1.29, 1.82) is 0 Å². The molecule has 0 aliphatic rings. The Morgan fingerprint density at radius 1 is 1.28 bits per heavy atom. The van der Waals surface area contributed by atoms with Crippen molar-refractivity contribution in [2.75, 3.05) is 18.0 Å². The van der Waals surface area contributed by atoms with Crippen molar-refractivity contribution in [3.63, 3.8) is 0 Å². The topological polar surface area (TPSA) is 72.9 Å². The van der Waals surface area contributed by atoms with Crippen LogP contribution in [0.2, 0.25) is 0 Å². The van der Waals surface area contributed by atoms with Gasteiger partial charge in [0.2, 0.25) is 0 Å². The molecule has 2 rings (SSSR count). The lowest BCUT2D eigenvalue weighted by molar-refractivity contribution is 0.650. The van der Waals surface area contributed by atoms with Crippen molar-refractivity contribution < 1.29 is 0 Å². The van der Waals surface area contributed by atoms with Crippen LogP contribution >= 0.6 is 0 Å². The molecule has 6 heteroatoms. The highest BCUT2D eigenvalue weighted by molar-refractivity contribution is 5.41. The van der Waals surface area contributed by atoms with E-state index in [1.807, 2.05) is 30.3 Å². The second kappa shape index (κ2) is 5.59. The molecule has 1 heterocycles. The Balaban J connectivity index is 2.37. The number of rotatable bonds is 5. The van der Waals surface area contributed by atoms with Crippen LogP contribution in [0.4, 0.5) is 5.95 Å². The third-order valence-corrected chi connectivity index (χ3v) is 2.70. The SMILES string of the molecule is CC(C)N(CCN)c1nnnn1-c1ccccc1. The minimum Gasteiger partial charge on any atom is -0.336 e. The zero-order chi connectivity index (χ0) is 13.0. The number of anilines is 1. The molecule has 0 atom stereocenters. The van der Waals surface area contributed by atoms with Crippen molar-refractivity contribution in [3.05, 3.63) is 30.3 Å². The average molecular weight is 246 g/mol. The van der Waals surface area contributed by atoms with Gasteiger partial charge in [-0.15, -0.1) is 0 Å². The van der Waals surface area contributed by atoms with Gasteiger partial charge >= 0.3 is 0 Å². The van der Waals surface area contributed by atoms with Gasteiger partial charge in [-0.1, -0.05) is 23.3 Å². The summed E-state index contributed by atoms with van der Waals surface area (Å²) in [6, 6.07) is 10.1. The van der Waals surface area contributed by atoms with E-state index in [1.165, 1.54) is 0 Å². The van der Waals surface area contributed by atoms with E-state index in [1.54, 1.807) is 4.68 Å². The Morgan fingerprint density at radius 3 is 2.61 bits per heavy atom. The fourth-order valence-corrected chi connectivity index (χ4v) is 1.83. The van der Waals surface area contributed by atoms with Gasteiger partial charge in [0.05, 0.1) is 5.69 Å². The van der Waals surface area contributed by atoms with Gasteiger partial charge in [0, 0.05) is 19.1 Å². The minimum atomic E-state index is 0.294. The van der Waals surface area contributed by atoms with E-state index in [4.69, 9.17) is 5.73 Å². The fourth-order valence-electron chi connectivity index (χ4n) is 1.83. The summed E-state index contributed by atoms with van der Waals surface area (Å²) in [7, 11) is 0. The van der Waals surface area contributed by atoms with Crippen LogP contribution in [0.25, 0.3) is 5.69 Å². The second-order valence-corrected chi connectivity index (χ2v) is 4.30. The van der Waals surface area contributed by atoms with E-state index in [9.17, 15) is 0 Å². The highest BCUT2D eigenvalue weighted by Crippen LogP contribution is 2.16. The molecule has 2 N–H and O–H groups in total. The first kappa shape index (κ1) is 12.5. The van der Waals surface area contributed by atoms with Gasteiger partial charge in [-0.2, -0.15) is 4.68 Å². The highest BCUT2D eigenvalue weighted by Gasteiger charge is 2.17. The summed E-state index contributed by atoms with van der Waals surface area (Å²) in [5.41, 5.74) is 6.59. The number of nitrogens with two attached hydrogens (primary N) is 1. The molecule has 0 aliphatic carbocycles. The van der Waals surface area contributed by atoms with Gasteiger partial charge in [0.1, 0.15) is 0 Å². The first-order valence-corrected chi connectivity index (χ1v) is 6.04. The summed E-state index contributed by atoms with van der Waals surface area (Å²) in [6.45, 7) is 5.49. The summed E-state index contributed by atoms with van der Waals surface area (Å²) in [6.07, 6.45) is 0. The molecule has 6 nitrogen and oxygen atoms in total. The Bertz CT molecular complexity index is 478. The van der Waals surface area contributed by atoms with Crippen LogP contribution in [0.15, 0.2) is 30.3 Å². The summed E-state index contributed by atoms with van der Waals surface area (Å²) in [5.74, 6) is 0.724. The van der Waals surface area contributed by atoms with Crippen LogP contribution < -0.4 is 10.6 Å². The van der Waals surface area contributed by atoms with E-state index in [-0.39, 0.29) is 0 Å². The van der Waals surface area contributed by atoms with Crippen molar-refractivity contribution >= 4 is 5.95 Å². The average Bonchev–Trinajstić information content (AvgIpc) is 2.85. The largest absolute Gasteiger partial charge is 0.336 e. The quantitative estimate of drug-likeness (QED) is 0.846. The monoisotopic (exact) mass is 246 g/mol. The number of hydrogen-bond donors (Lipinski definition) is 1. The lowest BCUT2D eigenvalue weighted by Gasteiger charge is -2.26. The van der Waals surface area contributed by atoms with E-state index in [2.05, 4.69) is 34.3 Å². The number of para-hydroxylation sites is 1. The van der Waals surface area contributed by atoms with Crippen LogP contribution in [-0.4, -0.2) is 39.3 Å². The number of tetrazole rings is 1. The van der Waals surface area contributed by atoms with Crippen LogP contribution in [0.3, 0.4) is 0 Å². The molecule has 2 aromatic rings. The molecular weight excluding hydrogens is 228 g/mol. The van der Waals surface area contributed by atoms with Gasteiger partial charge in [0.25, 0.3) is 5.95 Å². The molecule has 0 bridgehead atoms. The van der Waals surface area contributed by atoms with Gasteiger partial charge in [0.15, 0.2) is 0 Å². The second-order valence-electron chi connectivity index (χ2n) is 4.30. The third kappa shape index (κ3) is 2.48. The summed E-state index contributed by atoms with van der Waals surface area (Å²) in [5, 5.41) is 11.9. The fraction of sp³-hybridized carbons (Fsp3) is 0.417. The molecule has 1 aromatic heterocycles. The molecule has 18 heavy (non-hydrogen) atoms. The van der Waals surface area contributed by atoms with Crippen LogP contribution in [0, 0.1) is 0 Å². The smallest absolute Gasteiger partial charge is 0.250 e. The van der Waals surface area contributed by atoms with E-state index < -0.39 is 0 Å². The maximum Gasteiger partial charge on any atom is 0.250 e. The Kier molecular flexibility index (Phi) is 3.88. The van der Waals surface area contributed by atoms with E-state index in [0.29, 0.717) is 12.6 Å². The number of aromatic nitrogens is 4. The van der Waals surface area contributed by atoms with Gasteiger partial charge in [-0.3, -0.25) is 0 Å². The number of nitrogens with zero attached hydrogens (tertiary/aromatic N) is 5. The molecular formula is C12H18N6. The molecule has 0 radical (unpaired) electrons. The number of benzene rings is 1. The number of hydrogen-bond acceptors (Lipinski definition) is 5. The van der Waals surface area contributed by atoms with Crippen LogP contribution in [0.5, 0.6) is 0 Å². The maximum atomic E-state index is 5.64. The standard InChI is InChI=1S/C12H18N6/c1-10(2)17(9-8-13)12-14-15-16-18(12)11-6-4-3-5-7-11/h3-7,10H,8-9,13H2,1-2H3. The lowest BCUT2D eigenvalue weighted by Crippen LogP contribution is -2.37. The summed E-state index contributed by atoms with van der Waals surface area (Å²) < 4.78 is 1.73. The van der Waals surface area contributed by atoms with Gasteiger partial charge in [-0.25, -0.2) is 0 Å². The summed E-state index contributed by atoms with van der Waals surface area (Å²) >= 11 is 0. The van der Waals surface area contributed by atoms with Crippen molar-refractivity contribution in [2.24, 2.45) is 5.73 Å². The van der Waals surface area contributed by atoms with Crippen molar-refractivity contribution in [1.82, 2.24) is 20.2 Å². The van der Waals surface area contributed by atoms with Gasteiger partial charge < -0.3 is 10.6 Å². The molecule has 0 saturated carbocycles. The van der Waals surface area contributed by atoms with E-state index in [0.717, 1.165) is 18.2 Å². The predicted octanol–water partition coefficient (Wildman–Crippen LogP) is 0.836. The molecule has 0 spiro atoms. The third-order valence-electron chi connectivity index (χ3n) is 2.70. The van der Waals surface area contributed by atoms with Crippen LogP contribution in [-0.2, 0) is 0 Å². The highest BCUT2D eigenvalue weighted by atomic mass is 15.6. The molecule has 0 aliphatic heterocycles. The normalized spacial score (nSPS) is 10.9. The molecule has 0 fully saturated rings. The molecule has 0 saturated heterocycles. The molecule has 96 valence electrons. The Hall–Kier alpha value is -1.95. The zero-order valence-electron chi connectivity index (χ0n) is 10.7. The lowest BCUT2D eigenvalue weighted by atomic mass is 10.3. The van der Waals surface area contributed by atoms with Crippen LogP contribution in [0.1, 0.15) is 13.8 Å². The van der Waals surface area contributed by atoms with Crippen molar-refractivity contribution in [2.45, 2.75) is 19.9 Å². The molecule has 0 amide bonds. The van der Waals surface area contributed by atoms with E-state index >= 15 is 0 Å². The molecule has 0 unspecified atom stereocenters. The molecule has 1 aromatic carbocycles. The minimum absolute atomic E-state index is 0.294.